The second-order valence-corrected chi connectivity index (χ2v) is 6.97. The SMILES string of the molecule is Cc1ccc(NC(=O)N[C@@H]2C=C(C(=O)N[C@H](CC(=O)O)C(N)=O)C[C@@H](O)[C@@H]2O)cc1. The summed E-state index contributed by atoms with van der Waals surface area (Å²) in [5.74, 6) is -3.20. The third kappa shape index (κ3) is 6.29. The average molecular weight is 420 g/mol. The maximum Gasteiger partial charge on any atom is 0.319 e. The van der Waals surface area contributed by atoms with E-state index in [0.29, 0.717) is 5.69 Å². The number of carboxylic acid groups (broad SMARTS) is 1. The smallest absolute Gasteiger partial charge is 0.319 e. The number of anilines is 1. The van der Waals surface area contributed by atoms with E-state index < -0.39 is 54.5 Å². The standard InChI is InChI=1S/C19H24N4O7/c1-9-2-4-11(5-3-9)21-19(30)23-12-6-10(7-14(24)16(12)27)18(29)22-13(17(20)28)8-15(25)26/h2-6,12-14,16,24,27H,7-8H2,1H3,(H2,20,28)(H,22,29)(H,25,26)(H2,21,23,30)/t12-,13-,14-,16-/m1/s1. The number of primary amides is 1. The first kappa shape index (κ1) is 22.8. The molecule has 0 bridgehead atoms. The Hall–Kier alpha value is -3.44. The number of carboxylic acids is 1. The topological polar surface area (TPSA) is 191 Å². The summed E-state index contributed by atoms with van der Waals surface area (Å²) in [4.78, 5) is 46.8. The molecule has 11 heteroatoms. The van der Waals surface area contributed by atoms with Crippen LogP contribution in [0.25, 0.3) is 0 Å². The lowest BCUT2D eigenvalue weighted by Crippen LogP contribution is -2.53. The normalized spacial score (nSPS) is 21.7. The number of carbonyl (C=O) groups excluding carboxylic acids is 3. The summed E-state index contributed by atoms with van der Waals surface area (Å²) in [6.45, 7) is 1.89. The molecule has 11 nitrogen and oxygen atoms in total. The highest BCUT2D eigenvalue weighted by Crippen LogP contribution is 2.20. The van der Waals surface area contributed by atoms with Gasteiger partial charge in [0.1, 0.15) is 12.1 Å². The lowest BCUT2D eigenvalue weighted by molar-refractivity contribution is -0.140. The van der Waals surface area contributed by atoms with Gasteiger partial charge in [0.05, 0.1) is 18.6 Å². The van der Waals surface area contributed by atoms with Gasteiger partial charge in [0.2, 0.25) is 11.8 Å². The van der Waals surface area contributed by atoms with Crippen molar-refractivity contribution < 1.29 is 34.5 Å². The summed E-state index contributed by atoms with van der Waals surface area (Å²) < 4.78 is 0. The molecule has 4 atom stereocenters. The number of aryl methyl sites for hydroxylation is 1. The van der Waals surface area contributed by atoms with E-state index in [0.717, 1.165) is 5.56 Å². The zero-order chi connectivity index (χ0) is 22.4. The number of rotatable bonds is 7. The number of hydrogen-bond acceptors (Lipinski definition) is 6. The summed E-state index contributed by atoms with van der Waals surface area (Å²) in [5.41, 5.74) is 6.57. The van der Waals surface area contributed by atoms with Gasteiger partial charge in [-0.15, -0.1) is 0 Å². The number of nitrogens with two attached hydrogens (primary N) is 1. The van der Waals surface area contributed by atoms with Crippen LogP contribution in [0.2, 0.25) is 0 Å². The molecule has 1 aliphatic carbocycles. The molecule has 0 saturated heterocycles. The Kier molecular flexibility index (Phi) is 7.50. The van der Waals surface area contributed by atoms with Crippen molar-refractivity contribution >= 4 is 29.5 Å². The zero-order valence-corrected chi connectivity index (χ0v) is 16.2. The summed E-state index contributed by atoms with van der Waals surface area (Å²) in [6.07, 6.45) is -2.48. The summed E-state index contributed by atoms with van der Waals surface area (Å²) in [7, 11) is 0. The fourth-order valence-corrected chi connectivity index (χ4v) is 2.87. The molecule has 0 fully saturated rings. The van der Waals surface area contributed by atoms with Crippen molar-refractivity contribution in [2.75, 3.05) is 5.32 Å². The van der Waals surface area contributed by atoms with Crippen molar-refractivity contribution in [3.8, 4) is 0 Å². The molecular weight excluding hydrogens is 396 g/mol. The summed E-state index contributed by atoms with van der Waals surface area (Å²) >= 11 is 0. The molecule has 0 heterocycles. The number of urea groups is 1. The fraction of sp³-hybridized carbons (Fsp3) is 0.368. The van der Waals surface area contributed by atoms with Gasteiger partial charge < -0.3 is 37.0 Å². The van der Waals surface area contributed by atoms with Crippen LogP contribution in [-0.2, 0) is 14.4 Å². The number of aliphatic carboxylic acids is 1. The van der Waals surface area contributed by atoms with Crippen LogP contribution >= 0.6 is 0 Å². The molecule has 1 aromatic rings. The maximum absolute atomic E-state index is 12.4. The van der Waals surface area contributed by atoms with E-state index in [2.05, 4.69) is 16.0 Å². The third-order valence-electron chi connectivity index (χ3n) is 4.50. The molecule has 0 aromatic heterocycles. The first-order valence-corrected chi connectivity index (χ1v) is 9.09. The van der Waals surface area contributed by atoms with E-state index >= 15 is 0 Å². The molecule has 0 spiro atoms. The largest absolute Gasteiger partial charge is 0.481 e. The van der Waals surface area contributed by atoms with Crippen molar-refractivity contribution in [2.24, 2.45) is 5.73 Å². The highest BCUT2D eigenvalue weighted by atomic mass is 16.4. The molecule has 1 aliphatic rings. The molecule has 162 valence electrons. The molecule has 30 heavy (non-hydrogen) atoms. The van der Waals surface area contributed by atoms with Gasteiger partial charge in [-0.1, -0.05) is 23.8 Å². The van der Waals surface area contributed by atoms with Gasteiger partial charge in [-0.05, 0) is 19.1 Å². The van der Waals surface area contributed by atoms with E-state index in [1.165, 1.54) is 6.08 Å². The number of benzene rings is 1. The first-order valence-electron chi connectivity index (χ1n) is 9.09. The van der Waals surface area contributed by atoms with Crippen LogP contribution in [0.1, 0.15) is 18.4 Å². The second-order valence-electron chi connectivity index (χ2n) is 6.97. The van der Waals surface area contributed by atoms with Crippen LogP contribution < -0.4 is 21.7 Å². The predicted octanol–water partition coefficient (Wildman–Crippen LogP) is -1.02. The van der Waals surface area contributed by atoms with E-state index in [1.54, 1.807) is 24.3 Å². The van der Waals surface area contributed by atoms with Crippen LogP contribution in [-0.4, -0.2) is 63.4 Å². The minimum absolute atomic E-state index is 0.0370. The molecule has 1 aromatic carbocycles. The number of amides is 4. The highest BCUT2D eigenvalue weighted by molar-refractivity contribution is 5.98. The summed E-state index contributed by atoms with van der Waals surface area (Å²) in [6, 6.07) is 3.73. The lowest BCUT2D eigenvalue weighted by Gasteiger charge is -2.31. The Labute approximate surface area is 171 Å². The van der Waals surface area contributed by atoms with Crippen molar-refractivity contribution in [1.82, 2.24) is 10.6 Å². The molecule has 0 saturated carbocycles. The number of hydrogen-bond donors (Lipinski definition) is 7. The Morgan fingerprint density at radius 1 is 1.17 bits per heavy atom. The first-order chi connectivity index (χ1) is 14.1. The van der Waals surface area contributed by atoms with Gasteiger partial charge in [-0.25, -0.2) is 4.79 Å². The van der Waals surface area contributed by atoms with Gasteiger partial charge in [0.25, 0.3) is 0 Å². The Morgan fingerprint density at radius 2 is 1.80 bits per heavy atom. The van der Waals surface area contributed by atoms with Crippen molar-refractivity contribution in [2.45, 2.75) is 44.1 Å². The minimum atomic E-state index is -1.45. The van der Waals surface area contributed by atoms with Crippen LogP contribution in [0.5, 0.6) is 0 Å². The fourth-order valence-electron chi connectivity index (χ4n) is 2.87. The third-order valence-corrected chi connectivity index (χ3v) is 4.50. The van der Waals surface area contributed by atoms with Gasteiger partial charge >= 0.3 is 12.0 Å². The Balaban J connectivity index is 2.09. The average Bonchev–Trinajstić information content (AvgIpc) is 2.66. The highest BCUT2D eigenvalue weighted by Gasteiger charge is 2.34. The maximum atomic E-state index is 12.4. The monoisotopic (exact) mass is 420 g/mol. The minimum Gasteiger partial charge on any atom is -0.481 e. The zero-order valence-electron chi connectivity index (χ0n) is 16.2. The molecule has 0 unspecified atom stereocenters. The van der Waals surface area contributed by atoms with E-state index in [-0.39, 0.29) is 12.0 Å². The second kappa shape index (κ2) is 9.85. The number of nitrogens with one attached hydrogen (secondary N) is 3. The van der Waals surface area contributed by atoms with E-state index in [1.807, 2.05) is 6.92 Å². The van der Waals surface area contributed by atoms with Gasteiger partial charge in [-0.2, -0.15) is 0 Å². The number of carbonyl (C=O) groups is 4. The predicted molar refractivity (Wildman–Crippen MR) is 105 cm³/mol. The molecule has 0 radical (unpaired) electrons. The Morgan fingerprint density at radius 3 is 2.37 bits per heavy atom. The molecule has 8 N–H and O–H groups in total. The van der Waals surface area contributed by atoms with E-state index in [9.17, 15) is 29.4 Å². The van der Waals surface area contributed by atoms with Crippen LogP contribution in [0.3, 0.4) is 0 Å². The molecule has 2 rings (SSSR count). The van der Waals surface area contributed by atoms with Crippen LogP contribution in [0, 0.1) is 6.92 Å². The van der Waals surface area contributed by atoms with Crippen molar-refractivity contribution in [3.63, 3.8) is 0 Å². The number of aliphatic hydroxyl groups is 2. The van der Waals surface area contributed by atoms with Crippen molar-refractivity contribution in [3.05, 3.63) is 41.5 Å². The molecule has 0 aliphatic heterocycles. The molecule has 4 amide bonds. The lowest BCUT2D eigenvalue weighted by atomic mass is 9.90. The van der Waals surface area contributed by atoms with Gasteiger partial charge in [0, 0.05) is 17.7 Å². The van der Waals surface area contributed by atoms with Crippen LogP contribution in [0.15, 0.2) is 35.9 Å². The van der Waals surface area contributed by atoms with Gasteiger partial charge in [-0.3, -0.25) is 14.4 Å². The van der Waals surface area contributed by atoms with Gasteiger partial charge in [0.15, 0.2) is 0 Å². The Bertz CT molecular complexity index is 853. The number of aliphatic hydroxyl groups excluding tert-OH is 2. The van der Waals surface area contributed by atoms with E-state index in [4.69, 9.17) is 10.8 Å². The van der Waals surface area contributed by atoms with Crippen LogP contribution in [0.4, 0.5) is 10.5 Å². The summed E-state index contributed by atoms with van der Waals surface area (Å²) in [5, 5.41) is 36.2. The van der Waals surface area contributed by atoms with Crippen molar-refractivity contribution in [1.29, 1.82) is 0 Å². The quantitative estimate of drug-likeness (QED) is 0.293. The molecular formula is C19H24N4O7.